The number of nitrogens with one attached hydrogen (secondary N) is 1. The third-order valence-electron chi connectivity index (χ3n) is 6.31. The quantitative estimate of drug-likeness (QED) is 0.298. The monoisotopic (exact) mass is 475 g/mol. The van der Waals surface area contributed by atoms with E-state index in [0.717, 1.165) is 53.4 Å². The SMILES string of the molecule is FC(F)(F)c1ccc(-c2nc(-c3ccc4[nH]c5c(c4c3)CCC5)no2)c(OCc2ccccc2)c1. The molecular formula is C27H20F3N3O2. The summed E-state index contributed by atoms with van der Waals surface area (Å²) >= 11 is 0. The van der Waals surface area contributed by atoms with Crippen LogP contribution in [0.25, 0.3) is 33.7 Å². The Kier molecular flexibility index (Phi) is 5.09. The Morgan fingerprint density at radius 1 is 0.971 bits per heavy atom. The van der Waals surface area contributed by atoms with Crippen LogP contribution in [0.15, 0.2) is 71.3 Å². The molecular weight excluding hydrogens is 455 g/mol. The average Bonchev–Trinajstić information content (AvgIpc) is 3.59. The fraction of sp³-hybridized carbons (Fsp3) is 0.185. The number of aryl methyl sites for hydroxylation is 2. The van der Waals surface area contributed by atoms with Gasteiger partial charge in [-0.3, -0.25) is 0 Å². The van der Waals surface area contributed by atoms with Gasteiger partial charge in [-0.25, -0.2) is 0 Å². The molecule has 0 unspecified atom stereocenters. The van der Waals surface area contributed by atoms with E-state index in [1.165, 1.54) is 17.3 Å². The summed E-state index contributed by atoms with van der Waals surface area (Å²) in [5.74, 6) is 0.484. The topological polar surface area (TPSA) is 63.9 Å². The maximum atomic E-state index is 13.4. The van der Waals surface area contributed by atoms with E-state index < -0.39 is 11.7 Å². The van der Waals surface area contributed by atoms with E-state index in [1.54, 1.807) is 0 Å². The van der Waals surface area contributed by atoms with Gasteiger partial charge in [-0.1, -0.05) is 35.5 Å². The van der Waals surface area contributed by atoms with E-state index in [9.17, 15) is 13.2 Å². The molecule has 2 heterocycles. The molecule has 0 amide bonds. The lowest BCUT2D eigenvalue weighted by molar-refractivity contribution is -0.137. The van der Waals surface area contributed by atoms with Crippen molar-refractivity contribution in [3.63, 3.8) is 0 Å². The molecule has 35 heavy (non-hydrogen) atoms. The molecule has 5 nitrogen and oxygen atoms in total. The third kappa shape index (κ3) is 4.05. The van der Waals surface area contributed by atoms with Crippen LogP contribution in [0.4, 0.5) is 13.2 Å². The van der Waals surface area contributed by atoms with Gasteiger partial charge in [0.1, 0.15) is 12.4 Å². The number of hydrogen-bond donors (Lipinski definition) is 1. The highest BCUT2D eigenvalue weighted by atomic mass is 19.4. The highest BCUT2D eigenvalue weighted by Crippen LogP contribution is 2.38. The first-order valence-corrected chi connectivity index (χ1v) is 11.3. The zero-order valence-corrected chi connectivity index (χ0v) is 18.5. The predicted octanol–water partition coefficient (Wildman–Crippen LogP) is 6.97. The van der Waals surface area contributed by atoms with Gasteiger partial charge in [0.05, 0.1) is 11.1 Å². The number of ether oxygens (including phenoxy) is 1. The first kappa shape index (κ1) is 21.5. The Hall–Kier alpha value is -4.07. The second-order valence-corrected chi connectivity index (χ2v) is 8.60. The lowest BCUT2D eigenvalue weighted by Gasteiger charge is -2.13. The minimum absolute atomic E-state index is 0.0257. The summed E-state index contributed by atoms with van der Waals surface area (Å²) in [7, 11) is 0. The summed E-state index contributed by atoms with van der Waals surface area (Å²) in [5.41, 5.74) is 4.77. The van der Waals surface area contributed by atoms with Crippen molar-refractivity contribution in [3.05, 3.63) is 89.1 Å². The maximum absolute atomic E-state index is 13.4. The lowest BCUT2D eigenvalue weighted by Crippen LogP contribution is -2.06. The Morgan fingerprint density at radius 2 is 1.83 bits per heavy atom. The van der Waals surface area contributed by atoms with Gasteiger partial charge in [-0.2, -0.15) is 18.2 Å². The second kappa shape index (κ2) is 8.30. The number of hydrogen-bond acceptors (Lipinski definition) is 4. The molecule has 0 radical (unpaired) electrons. The molecule has 0 bridgehead atoms. The molecule has 0 fully saturated rings. The number of aromatic nitrogens is 3. The van der Waals surface area contributed by atoms with Gasteiger partial charge < -0.3 is 14.2 Å². The van der Waals surface area contributed by atoms with Crippen molar-refractivity contribution in [2.45, 2.75) is 32.0 Å². The zero-order valence-electron chi connectivity index (χ0n) is 18.5. The smallest absolute Gasteiger partial charge is 0.416 e. The molecule has 1 aliphatic rings. The number of alkyl halides is 3. The summed E-state index contributed by atoms with van der Waals surface area (Å²) < 4.78 is 51.4. The summed E-state index contributed by atoms with van der Waals surface area (Å²) in [6, 6.07) is 18.4. The second-order valence-electron chi connectivity index (χ2n) is 8.60. The van der Waals surface area contributed by atoms with Gasteiger partial charge in [0, 0.05) is 22.2 Å². The van der Waals surface area contributed by atoms with E-state index in [4.69, 9.17) is 9.26 Å². The fourth-order valence-corrected chi connectivity index (χ4v) is 4.56. The lowest BCUT2D eigenvalue weighted by atomic mass is 10.1. The van der Waals surface area contributed by atoms with Crippen LogP contribution in [-0.4, -0.2) is 15.1 Å². The molecule has 3 aromatic carbocycles. The van der Waals surface area contributed by atoms with Crippen LogP contribution in [0.3, 0.4) is 0 Å². The number of fused-ring (bicyclic) bond motifs is 3. The summed E-state index contributed by atoms with van der Waals surface area (Å²) in [4.78, 5) is 7.96. The van der Waals surface area contributed by atoms with Crippen molar-refractivity contribution in [2.75, 3.05) is 0 Å². The summed E-state index contributed by atoms with van der Waals surface area (Å²) in [5, 5.41) is 5.25. The maximum Gasteiger partial charge on any atom is 0.416 e. The number of nitrogens with zero attached hydrogens (tertiary/aromatic N) is 2. The molecule has 1 aliphatic carbocycles. The first-order valence-electron chi connectivity index (χ1n) is 11.3. The summed E-state index contributed by atoms with van der Waals surface area (Å²) in [6.45, 7) is 0.103. The van der Waals surface area contributed by atoms with Gasteiger partial charge in [0.15, 0.2) is 0 Å². The van der Waals surface area contributed by atoms with Crippen molar-refractivity contribution in [2.24, 2.45) is 0 Å². The number of aromatic amines is 1. The van der Waals surface area contributed by atoms with Crippen LogP contribution in [0.2, 0.25) is 0 Å². The Labute approximate surface area is 198 Å². The first-order chi connectivity index (χ1) is 17.0. The van der Waals surface area contributed by atoms with Crippen molar-refractivity contribution in [1.82, 2.24) is 15.1 Å². The molecule has 1 N–H and O–H groups in total. The molecule has 0 aliphatic heterocycles. The van der Waals surface area contributed by atoms with Crippen LogP contribution >= 0.6 is 0 Å². The largest absolute Gasteiger partial charge is 0.488 e. The van der Waals surface area contributed by atoms with Gasteiger partial charge in [-0.05, 0) is 66.8 Å². The van der Waals surface area contributed by atoms with E-state index in [1.807, 2.05) is 48.5 Å². The molecule has 0 saturated heterocycles. The molecule has 176 valence electrons. The number of halogens is 3. The number of benzene rings is 3. The number of rotatable bonds is 5. The predicted molar refractivity (Wildman–Crippen MR) is 125 cm³/mol. The van der Waals surface area contributed by atoms with Crippen molar-refractivity contribution >= 4 is 10.9 Å². The minimum atomic E-state index is -4.50. The van der Waals surface area contributed by atoms with Gasteiger partial charge in [0.25, 0.3) is 5.89 Å². The van der Waals surface area contributed by atoms with E-state index in [-0.39, 0.29) is 18.2 Å². The summed E-state index contributed by atoms with van der Waals surface area (Å²) in [6.07, 6.45) is -1.29. The van der Waals surface area contributed by atoms with E-state index in [0.29, 0.717) is 11.4 Å². The standard InChI is InChI=1S/C27H20F3N3O2/c28-27(29,30)18-10-11-20(24(14-18)34-15-16-5-2-1-3-6-16)26-32-25(33-35-26)17-9-12-23-21(13-17)19-7-4-8-22(19)31-23/h1-3,5-6,9-14,31H,4,7-8,15H2. The van der Waals surface area contributed by atoms with Crippen LogP contribution in [-0.2, 0) is 25.6 Å². The molecule has 5 aromatic rings. The van der Waals surface area contributed by atoms with Gasteiger partial charge >= 0.3 is 6.18 Å². The molecule has 0 spiro atoms. The minimum Gasteiger partial charge on any atom is -0.488 e. The Balaban J connectivity index is 1.35. The highest BCUT2D eigenvalue weighted by Gasteiger charge is 2.32. The normalized spacial score (nSPS) is 13.3. The van der Waals surface area contributed by atoms with Crippen LogP contribution in [0.5, 0.6) is 5.75 Å². The third-order valence-corrected chi connectivity index (χ3v) is 6.31. The number of H-pyrrole nitrogens is 1. The van der Waals surface area contributed by atoms with Crippen LogP contribution in [0.1, 0.15) is 28.8 Å². The zero-order chi connectivity index (χ0) is 24.0. The molecule has 2 aromatic heterocycles. The van der Waals surface area contributed by atoms with Gasteiger partial charge in [0.2, 0.25) is 5.82 Å². The Morgan fingerprint density at radius 3 is 2.66 bits per heavy atom. The molecule has 0 saturated carbocycles. The van der Waals surface area contributed by atoms with E-state index >= 15 is 0 Å². The molecule has 0 atom stereocenters. The van der Waals surface area contributed by atoms with Crippen molar-refractivity contribution in [3.8, 4) is 28.6 Å². The van der Waals surface area contributed by atoms with Crippen molar-refractivity contribution in [1.29, 1.82) is 0 Å². The van der Waals surface area contributed by atoms with Gasteiger partial charge in [-0.15, -0.1) is 0 Å². The highest BCUT2D eigenvalue weighted by molar-refractivity contribution is 5.89. The fourth-order valence-electron chi connectivity index (χ4n) is 4.56. The molecule has 8 heteroatoms. The molecule has 6 rings (SSSR count). The van der Waals surface area contributed by atoms with E-state index in [2.05, 4.69) is 15.1 Å². The average molecular weight is 475 g/mol. The Bertz CT molecular complexity index is 1520. The van der Waals surface area contributed by atoms with Crippen LogP contribution < -0.4 is 4.74 Å². The van der Waals surface area contributed by atoms with Crippen LogP contribution in [0, 0.1) is 0 Å². The van der Waals surface area contributed by atoms with Crippen molar-refractivity contribution < 1.29 is 22.4 Å².